The van der Waals surface area contributed by atoms with Crippen LogP contribution in [0.5, 0.6) is 0 Å². The number of anilines is 2. The van der Waals surface area contributed by atoms with Crippen LogP contribution >= 0.6 is 0 Å². The third-order valence-electron chi connectivity index (χ3n) is 3.57. The third kappa shape index (κ3) is 4.64. The van der Waals surface area contributed by atoms with E-state index in [0.717, 1.165) is 6.92 Å². The summed E-state index contributed by atoms with van der Waals surface area (Å²) < 4.78 is 65.7. The zero-order chi connectivity index (χ0) is 19.6. The maximum Gasteiger partial charge on any atom is 0.408 e. The largest absolute Gasteiger partial charge is 0.408 e. The number of rotatable bonds is 5. The van der Waals surface area contributed by atoms with E-state index in [1.807, 2.05) is 0 Å². The van der Waals surface area contributed by atoms with Crippen LogP contribution in [0, 0.1) is 0 Å². The normalized spacial score (nSPS) is 19.7. The highest BCUT2D eigenvalue weighted by Crippen LogP contribution is 2.32. The second kappa shape index (κ2) is 7.50. The first-order valence-electron chi connectivity index (χ1n) is 7.92. The first-order valence-corrected chi connectivity index (χ1v) is 7.92. The molecule has 0 fully saturated rings. The summed E-state index contributed by atoms with van der Waals surface area (Å²) in [5.41, 5.74) is -0.249. The van der Waals surface area contributed by atoms with Crippen molar-refractivity contribution in [1.82, 2.24) is 15.0 Å². The molecule has 26 heavy (non-hydrogen) atoms. The van der Waals surface area contributed by atoms with Gasteiger partial charge in [0.1, 0.15) is 6.04 Å². The van der Waals surface area contributed by atoms with Crippen molar-refractivity contribution in [3.05, 3.63) is 11.7 Å². The van der Waals surface area contributed by atoms with Gasteiger partial charge in [-0.3, -0.25) is 4.79 Å². The molecule has 144 valence electrons. The molecule has 0 saturated carbocycles. The highest BCUT2D eigenvalue weighted by atomic mass is 19.4. The van der Waals surface area contributed by atoms with Crippen molar-refractivity contribution in [3.8, 4) is 0 Å². The Morgan fingerprint density at radius 2 is 1.65 bits per heavy atom. The standard InChI is InChI=1S/C15H18F5N5O/c1-6(2)21-13-23-12(8-4-5-9(16)11(26)10(8)17)24-14(25-13)22-7(3)15(18,19)20/h6-7,9H,4-5H2,1-3H3,(H2,21,22,23,24,25). The van der Waals surface area contributed by atoms with E-state index in [-0.39, 0.29) is 36.2 Å². The topological polar surface area (TPSA) is 79.8 Å². The van der Waals surface area contributed by atoms with Crippen LogP contribution in [0.1, 0.15) is 39.4 Å². The smallest absolute Gasteiger partial charge is 0.352 e. The number of aromatic nitrogens is 3. The van der Waals surface area contributed by atoms with E-state index in [2.05, 4.69) is 25.6 Å². The fourth-order valence-electron chi connectivity index (χ4n) is 2.18. The molecule has 0 spiro atoms. The second-order valence-electron chi connectivity index (χ2n) is 6.18. The van der Waals surface area contributed by atoms with Crippen LogP contribution in [0.25, 0.3) is 5.57 Å². The van der Waals surface area contributed by atoms with Crippen LogP contribution in [0.3, 0.4) is 0 Å². The zero-order valence-corrected chi connectivity index (χ0v) is 14.3. The van der Waals surface area contributed by atoms with Gasteiger partial charge in [-0.05, 0) is 33.6 Å². The molecule has 1 aliphatic carbocycles. The van der Waals surface area contributed by atoms with Crippen molar-refractivity contribution < 1.29 is 26.7 Å². The van der Waals surface area contributed by atoms with Crippen molar-refractivity contribution >= 4 is 23.3 Å². The Balaban J connectivity index is 2.45. The van der Waals surface area contributed by atoms with Gasteiger partial charge >= 0.3 is 6.18 Å². The summed E-state index contributed by atoms with van der Waals surface area (Å²) in [5.74, 6) is -3.46. The number of allylic oxidation sites excluding steroid dienone is 2. The molecule has 0 radical (unpaired) electrons. The Bertz CT molecular complexity index is 719. The number of carbonyl (C=O) groups is 1. The van der Waals surface area contributed by atoms with Crippen LogP contribution in [0.4, 0.5) is 33.8 Å². The Morgan fingerprint density at radius 1 is 1.08 bits per heavy atom. The molecular formula is C15H18F5N5O. The maximum atomic E-state index is 14.1. The van der Waals surface area contributed by atoms with E-state index in [4.69, 9.17) is 0 Å². The zero-order valence-electron chi connectivity index (χ0n) is 14.3. The summed E-state index contributed by atoms with van der Waals surface area (Å²) in [6, 6.07) is -2.13. The number of nitrogens with zero attached hydrogens (tertiary/aromatic N) is 3. The molecule has 1 aromatic rings. The van der Waals surface area contributed by atoms with E-state index in [1.54, 1.807) is 13.8 Å². The van der Waals surface area contributed by atoms with Gasteiger partial charge in [-0.15, -0.1) is 0 Å². The van der Waals surface area contributed by atoms with Gasteiger partial charge in [-0.2, -0.15) is 28.1 Å². The number of hydrogen-bond donors (Lipinski definition) is 2. The molecule has 6 nitrogen and oxygen atoms in total. The summed E-state index contributed by atoms with van der Waals surface area (Å²) in [7, 11) is 0. The molecule has 1 aromatic heterocycles. The Kier molecular flexibility index (Phi) is 5.77. The summed E-state index contributed by atoms with van der Waals surface area (Å²) in [6.45, 7) is 4.36. The van der Waals surface area contributed by atoms with Crippen molar-refractivity contribution in [2.24, 2.45) is 0 Å². The molecule has 1 aliphatic rings. The number of hydrogen-bond acceptors (Lipinski definition) is 6. The lowest BCUT2D eigenvalue weighted by atomic mass is 9.95. The Labute approximate surface area is 146 Å². The summed E-state index contributed by atoms with van der Waals surface area (Å²) >= 11 is 0. The maximum absolute atomic E-state index is 14.1. The van der Waals surface area contributed by atoms with Gasteiger partial charge in [0, 0.05) is 11.6 Å². The average Bonchev–Trinajstić information content (AvgIpc) is 2.51. The molecule has 0 aromatic carbocycles. The lowest BCUT2D eigenvalue weighted by Gasteiger charge is -2.20. The van der Waals surface area contributed by atoms with Crippen LogP contribution in [0.2, 0.25) is 0 Å². The predicted molar refractivity (Wildman–Crippen MR) is 84.9 cm³/mol. The molecule has 11 heteroatoms. The van der Waals surface area contributed by atoms with Crippen molar-refractivity contribution in [2.75, 3.05) is 10.6 Å². The fourth-order valence-corrected chi connectivity index (χ4v) is 2.18. The SMILES string of the molecule is CC(C)Nc1nc(NC(C)C(F)(F)F)nc(C2=C(F)C(=O)C(F)CC2)n1. The number of Topliss-reactive ketones (excluding diaryl/α,β-unsaturated/α-hetero) is 1. The number of nitrogens with one attached hydrogen (secondary N) is 2. The predicted octanol–water partition coefficient (Wildman–Crippen LogP) is 3.44. The van der Waals surface area contributed by atoms with Gasteiger partial charge in [0.05, 0.1) is 0 Å². The molecule has 0 bridgehead atoms. The summed E-state index contributed by atoms with van der Waals surface area (Å²) in [5, 5.41) is 4.86. The average molecular weight is 379 g/mol. The first kappa shape index (κ1) is 20.0. The number of alkyl halides is 4. The molecule has 0 amide bonds. The minimum Gasteiger partial charge on any atom is -0.352 e. The number of ketones is 1. The summed E-state index contributed by atoms with van der Waals surface area (Å²) in [4.78, 5) is 23.1. The minimum atomic E-state index is -4.55. The number of halogens is 5. The van der Waals surface area contributed by atoms with Crippen LogP contribution < -0.4 is 10.6 Å². The van der Waals surface area contributed by atoms with E-state index in [0.29, 0.717) is 0 Å². The molecular weight excluding hydrogens is 361 g/mol. The monoisotopic (exact) mass is 379 g/mol. The van der Waals surface area contributed by atoms with Crippen LogP contribution in [0.15, 0.2) is 5.83 Å². The first-order chi connectivity index (χ1) is 12.0. The molecule has 1 heterocycles. The van der Waals surface area contributed by atoms with Gasteiger partial charge in [-0.25, -0.2) is 8.78 Å². The molecule has 2 unspecified atom stereocenters. The quantitative estimate of drug-likeness (QED) is 0.763. The molecule has 0 aliphatic heterocycles. The van der Waals surface area contributed by atoms with Gasteiger partial charge in [0.2, 0.25) is 17.7 Å². The second-order valence-corrected chi connectivity index (χ2v) is 6.18. The molecule has 2 atom stereocenters. The number of carbonyl (C=O) groups excluding carboxylic acids is 1. The van der Waals surface area contributed by atoms with Crippen molar-refractivity contribution in [3.63, 3.8) is 0 Å². The minimum absolute atomic E-state index is 0.0861. The highest BCUT2D eigenvalue weighted by molar-refractivity contribution is 6.04. The van der Waals surface area contributed by atoms with Crippen molar-refractivity contribution in [1.29, 1.82) is 0 Å². The van der Waals surface area contributed by atoms with Crippen LogP contribution in [-0.2, 0) is 4.79 Å². The van der Waals surface area contributed by atoms with E-state index < -0.39 is 35.9 Å². The van der Waals surface area contributed by atoms with E-state index in [1.165, 1.54) is 0 Å². The summed E-state index contributed by atoms with van der Waals surface area (Å²) in [6.07, 6.45) is -6.90. The van der Waals surface area contributed by atoms with Gasteiger partial charge in [-0.1, -0.05) is 0 Å². The third-order valence-corrected chi connectivity index (χ3v) is 3.57. The molecule has 2 rings (SSSR count). The fraction of sp³-hybridized carbons (Fsp3) is 0.600. The van der Waals surface area contributed by atoms with Gasteiger partial charge < -0.3 is 10.6 Å². The van der Waals surface area contributed by atoms with Gasteiger partial charge in [0.15, 0.2) is 17.8 Å². The van der Waals surface area contributed by atoms with E-state index >= 15 is 0 Å². The highest BCUT2D eigenvalue weighted by Gasteiger charge is 2.37. The lowest BCUT2D eigenvalue weighted by molar-refractivity contribution is -0.138. The van der Waals surface area contributed by atoms with Crippen LogP contribution in [-0.4, -0.2) is 45.2 Å². The lowest BCUT2D eigenvalue weighted by Crippen LogP contribution is -2.34. The molecule has 2 N–H and O–H groups in total. The van der Waals surface area contributed by atoms with Gasteiger partial charge in [0.25, 0.3) is 0 Å². The Hall–Kier alpha value is -2.33. The van der Waals surface area contributed by atoms with E-state index in [9.17, 15) is 26.7 Å². The molecule has 0 saturated heterocycles. The Morgan fingerprint density at radius 3 is 2.19 bits per heavy atom. The van der Waals surface area contributed by atoms with Crippen molar-refractivity contribution in [2.45, 2.75) is 58.0 Å².